The summed E-state index contributed by atoms with van der Waals surface area (Å²) in [6, 6.07) is 11.6. The number of likely N-dealkylation sites (tertiary alicyclic amines) is 2. The molecular weight excluding hydrogens is 488 g/mol. The number of carboxylic acids is 1. The third kappa shape index (κ3) is 5.64. The first-order chi connectivity index (χ1) is 17.5. The van der Waals surface area contributed by atoms with Crippen LogP contribution < -0.4 is 4.74 Å². The number of carboxylic acid groups (broad SMARTS) is 1. The van der Waals surface area contributed by atoms with Crippen molar-refractivity contribution in [2.45, 2.75) is 57.0 Å². The predicted molar refractivity (Wildman–Crippen MR) is 145 cm³/mol. The van der Waals surface area contributed by atoms with Gasteiger partial charge in [-0.05, 0) is 75.6 Å². The zero-order chi connectivity index (χ0) is 26.9. The summed E-state index contributed by atoms with van der Waals surface area (Å²) in [5.74, 6) is -1.00. The number of hydrogen-bond donors (Lipinski definition) is 1. The van der Waals surface area contributed by atoms with Crippen LogP contribution in [0.4, 0.5) is 4.79 Å². The highest BCUT2D eigenvalue weighted by Crippen LogP contribution is 2.39. The quantitative estimate of drug-likeness (QED) is 0.387. The lowest BCUT2D eigenvalue weighted by atomic mass is 9.82. The largest absolute Gasteiger partial charge is 0.478 e. The Balaban J connectivity index is 1.67. The Morgan fingerprint density at radius 1 is 0.973 bits per heavy atom. The Morgan fingerprint density at radius 3 is 2.11 bits per heavy atom. The molecule has 2 heterocycles. The molecule has 8 heteroatoms. The molecule has 37 heavy (non-hydrogen) atoms. The number of rotatable bonds is 7. The monoisotopic (exact) mass is 524 g/mol. The van der Waals surface area contributed by atoms with Gasteiger partial charge in [0, 0.05) is 48.5 Å². The molecule has 0 bridgehead atoms. The summed E-state index contributed by atoms with van der Waals surface area (Å²) < 4.78 is 5.90. The minimum absolute atomic E-state index is 0.00661. The van der Waals surface area contributed by atoms with Gasteiger partial charge in [0.05, 0.1) is 0 Å². The summed E-state index contributed by atoms with van der Waals surface area (Å²) in [6.45, 7) is 9.21. The van der Waals surface area contributed by atoms with Gasteiger partial charge in [0.1, 0.15) is 5.75 Å². The van der Waals surface area contributed by atoms with Crippen LogP contribution in [0.1, 0.15) is 59.7 Å². The Hall–Kier alpha value is -3.00. The average molecular weight is 525 g/mol. The molecule has 198 valence electrons. The molecule has 2 amide bonds. The van der Waals surface area contributed by atoms with Gasteiger partial charge in [0.25, 0.3) is 0 Å². The summed E-state index contributed by atoms with van der Waals surface area (Å²) in [7, 11) is 0. The molecule has 0 radical (unpaired) electrons. The normalized spacial score (nSPS) is 19.8. The van der Waals surface area contributed by atoms with Gasteiger partial charge >= 0.3 is 12.0 Å². The van der Waals surface area contributed by atoms with Crippen molar-refractivity contribution >= 4 is 29.5 Å². The maximum absolute atomic E-state index is 13.8. The van der Waals surface area contributed by atoms with Crippen LogP contribution >= 0.6 is 11.8 Å². The van der Waals surface area contributed by atoms with Crippen molar-refractivity contribution in [2.75, 3.05) is 32.4 Å². The van der Waals surface area contributed by atoms with Gasteiger partial charge in [-0.25, -0.2) is 9.59 Å². The standard InChI is InChI=1S/C29H36N2O5S/c1-18-14-21(15-19(2)26(18)36-29(3,4)27(33)34)23-16-31(28(35)30-12-6-7-13-30)17-24(23)25(32)20-8-10-22(37-5)11-9-20/h8-11,14-15,23-24H,6-7,12-13,16-17H2,1-5H3,(H,33,34)/t23-,24+/m1/s1. The Bertz CT molecular complexity index is 1160. The van der Waals surface area contributed by atoms with Gasteiger partial charge in [0.2, 0.25) is 0 Å². The van der Waals surface area contributed by atoms with Crippen LogP contribution in [0.15, 0.2) is 41.3 Å². The fourth-order valence-corrected chi connectivity index (χ4v) is 5.71. The molecule has 1 N–H and O–H groups in total. The minimum atomic E-state index is -1.37. The third-order valence-electron chi connectivity index (χ3n) is 7.46. The molecule has 0 unspecified atom stereocenters. The maximum Gasteiger partial charge on any atom is 0.347 e. The van der Waals surface area contributed by atoms with Crippen molar-refractivity contribution in [1.29, 1.82) is 0 Å². The number of ketones is 1. The van der Waals surface area contributed by atoms with Crippen LogP contribution in [0.5, 0.6) is 5.75 Å². The van der Waals surface area contributed by atoms with Gasteiger partial charge in [-0.15, -0.1) is 11.8 Å². The summed E-state index contributed by atoms with van der Waals surface area (Å²) in [6.07, 6.45) is 4.03. The van der Waals surface area contributed by atoms with E-state index in [9.17, 15) is 19.5 Å². The molecule has 0 saturated carbocycles. The predicted octanol–water partition coefficient (Wildman–Crippen LogP) is 5.38. The molecule has 2 aliphatic rings. The Labute approximate surface area is 223 Å². The number of amides is 2. The first-order valence-electron chi connectivity index (χ1n) is 12.8. The minimum Gasteiger partial charge on any atom is -0.478 e. The van der Waals surface area contributed by atoms with E-state index >= 15 is 0 Å². The van der Waals surface area contributed by atoms with Crippen LogP contribution in [-0.2, 0) is 4.79 Å². The Morgan fingerprint density at radius 2 is 1.57 bits per heavy atom. The van der Waals surface area contributed by atoms with Gasteiger partial charge in [0.15, 0.2) is 11.4 Å². The molecule has 2 aromatic carbocycles. The first-order valence-corrected chi connectivity index (χ1v) is 14.0. The molecule has 2 aromatic rings. The van der Waals surface area contributed by atoms with Gasteiger partial charge in [-0.3, -0.25) is 4.79 Å². The number of thioether (sulfide) groups is 1. The molecule has 0 spiro atoms. The number of aryl methyl sites for hydroxylation is 2. The first kappa shape index (κ1) is 27.0. The molecule has 2 aliphatic heterocycles. The summed E-state index contributed by atoms with van der Waals surface area (Å²) in [5.41, 5.74) is 1.87. The number of benzene rings is 2. The lowest BCUT2D eigenvalue weighted by Gasteiger charge is -2.26. The lowest BCUT2D eigenvalue weighted by molar-refractivity contribution is -0.152. The second-order valence-electron chi connectivity index (χ2n) is 10.6. The van der Waals surface area contributed by atoms with E-state index in [4.69, 9.17) is 4.74 Å². The summed E-state index contributed by atoms with van der Waals surface area (Å²) >= 11 is 1.63. The van der Waals surface area contributed by atoms with E-state index in [-0.39, 0.29) is 23.7 Å². The second-order valence-corrected chi connectivity index (χ2v) is 11.5. The number of Topliss-reactive ketones (excluding diaryl/α,β-unsaturated/α-hetero) is 1. The average Bonchev–Trinajstić information content (AvgIpc) is 3.56. The fourth-order valence-electron chi connectivity index (χ4n) is 5.30. The fraction of sp³-hybridized carbons (Fsp3) is 0.483. The number of ether oxygens (including phenoxy) is 1. The summed E-state index contributed by atoms with van der Waals surface area (Å²) in [5, 5.41) is 9.51. The molecule has 7 nitrogen and oxygen atoms in total. The highest BCUT2D eigenvalue weighted by Gasteiger charge is 2.42. The number of carbonyl (C=O) groups is 3. The molecule has 2 fully saturated rings. The van der Waals surface area contributed by atoms with Crippen LogP contribution in [-0.4, -0.2) is 70.7 Å². The smallest absolute Gasteiger partial charge is 0.347 e. The van der Waals surface area contributed by atoms with Crippen molar-refractivity contribution < 1.29 is 24.2 Å². The number of nitrogens with zero attached hydrogens (tertiary/aromatic N) is 2. The number of aliphatic carboxylic acids is 1. The highest BCUT2D eigenvalue weighted by atomic mass is 32.2. The van der Waals surface area contributed by atoms with Crippen molar-refractivity contribution in [3.63, 3.8) is 0 Å². The van der Waals surface area contributed by atoms with Crippen molar-refractivity contribution in [1.82, 2.24) is 9.80 Å². The molecular formula is C29H36N2O5S. The van der Waals surface area contributed by atoms with Crippen molar-refractivity contribution in [3.05, 3.63) is 58.7 Å². The zero-order valence-electron chi connectivity index (χ0n) is 22.2. The van der Waals surface area contributed by atoms with E-state index in [2.05, 4.69) is 0 Å². The maximum atomic E-state index is 13.8. The van der Waals surface area contributed by atoms with E-state index in [1.165, 1.54) is 13.8 Å². The van der Waals surface area contributed by atoms with Crippen LogP contribution in [0.3, 0.4) is 0 Å². The van der Waals surface area contributed by atoms with Gasteiger partial charge < -0.3 is 19.6 Å². The molecule has 2 atom stereocenters. The van der Waals surface area contributed by atoms with E-state index in [0.717, 1.165) is 47.5 Å². The molecule has 0 aliphatic carbocycles. The van der Waals surface area contributed by atoms with Crippen LogP contribution in [0, 0.1) is 19.8 Å². The van der Waals surface area contributed by atoms with Crippen molar-refractivity contribution in [3.8, 4) is 5.75 Å². The zero-order valence-corrected chi connectivity index (χ0v) is 23.1. The third-order valence-corrected chi connectivity index (χ3v) is 8.20. The van der Waals surface area contributed by atoms with E-state index < -0.39 is 11.6 Å². The number of urea groups is 1. The van der Waals surface area contributed by atoms with Crippen LogP contribution in [0.2, 0.25) is 0 Å². The molecule has 0 aromatic heterocycles. The highest BCUT2D eigenvalue weighted by molar-refractivity contribution is 7.98. The molecule has 4 rings (SSSR count). The second kappa shape index (κ2) is 10.8. The summed E-state index contributed by atoms with van der Waals surface area (Å²) in [4.78, 5) is 43.5. The van der Waals surface area contributed by atoms with Crippen molar-refractivity contribution in [2.24, 2.45) is 5.92 Å². The SMILES string of the molecule is CSc1ccc(C(=O)[C@H]2CN(C(=O)N3CCCC3)C[C@@H]2c2cc(C)c(OC(C)(C)C(=O)O)c(C)c2)cc1. The van der Waals surface area contributed by atoms with E-state index in [1.807, 2.05) is 66.3 Å². The van der Waals surface area contributed by atoms with Crippen LogP contribution in [0.25, 0.3) is 0 Å². The topological polar surface area (TPSA) is 87.2 Å². The number of hydrogen-bond acceptors (Lipinski definition) is 5. The van der Waals surface area contributed by atoms with Gasteiger partial charge in [-0.1, -0.05) is 24.3 Å². The Kier molecular flexibility index (Phi) is 7.88. The van der Waals surface area contributed by atoms with E-state index in [1.54, 1.807) is 11.8 Å². The van der Waals surface area contributed by atoms with E-state index in [0.29, 0.717) is 24.4 Å². The number of carbonyl (C=O) groups excluding carboxylic acids is 2. The van der Waals surface area contributed by atoms with Gasteiger partial charge in [-0.2, -0.15) is 0 Å². The molecule has 2 saturated heterocycles. The lowest BCUT2D eigenvalue weighted by Crippen LogP contribution is -2.40.